The van der Waals surface area contributed by atoms with Gasteiger partial charge in [-0.15, -0.1) is 0 Å². The lowest BCUT2D eigenvalue weighted by molar-refractivity contribution is 0.0954. The van der Waals surface area contributed by atoms with Crippen molar-refractivity contribution >= 4 is 38.2 Å². The number of hydrogen-bond acceptors (Lipinski definition) is 3. The first kappa shape index (κ1) is 17.5. The van der Waals surface area contributed by atoms with Crippen molar-refractivity contribution in [3.8, 4) is 0 Å². The molecule has 0 radical (unpaired) electrons. The molecule has 2 aromatic carbocycles. The number of aromatic nitrogens is 1. The predicted molar refractivity (Wildman–Crippen MR) is 98.9 cm³/mol. The highest BCUT2D eigenvalue weighted by Crippen LogP contribution is 2.22. The molecule has 25 heavy (non-hydrogen) atoms. The Kier molecular flexibility index (Phi) is 4.83. The van der Waals surface area contributed by atoms with Gasteiger partial charge in [0, 0.05) is 35.5 Å². The number of rotatable bonds is 5. The summed E-state index contributed by atoms with van der Waals surface area (Å²) in [5.41, 5.74) is 2.44. The van der Waals surface area contributed by atoms with E-state index < -0.39 is 9.84 Å². The molecule has 1 amide bonds. The van der Waals surface area contributed by atoms with Crippen molar-refractivity contribution in [3.05, 3.63) is 64.8 Å². The first-order valence-corrected chi connectivity index (χ1v) is 9.96. The van der Waals surface area contributed by atoms with Crippen LogP contribution in [0.2, 0.25) is 5.02 Å². The normalized spacial score (nSPS) is 11.6. The third-order valence-corrected chi connectivity index (χ3v) is 5.53. The number of para-hydroxylation sites is 1. The Bertz CT molecular complexity index is 1040. The highest BCUT2D eigenvalue weighted by atomic mass is 35.5. The number of halogens is 1. The Morgan fingerprint density at radius 3 is 2.72 bits per heavy atom. The Morgan fingerprint density at radius 2 is 1.96 bits per heavy atom. The molecule has 0 atom stereocenters. The second kappa shape index (κ2) is 6.90. The van der Waals surface area contributed by atoms with Crippen LogP contribution in [0.3, 0.4) is 0 Å². The summed E-state index contributed by atoms with van der Waals surface area (Å²) in [5, 5.41) is 4.05. The zero-order valence-corrected chi connectivity index (χ0v) is 15.1. The van der Waals surface area contributed by atoms with E-state index in [9.17, 15) is 13.2 Å². The largest absolute Gasteiger partial charge is 0.361 e. The van der Waals surface area contributed by atoms with Gasteiger partial charge in [-0.3, -0.25) is 4.79 Å². The number of H-pyrrole nitrogens is 1. The minimum Gasteiger partial charge on any atom is -0.361 e. The number of sulfone groups is 1. The number of benzene rings is 2. The minimum atomic E-state index is -3.49. The van der Waals surface area contributed by atoms with Crippen molar-refractivity contribution in [2.75, 3.05) is 12.8 Å². The molecule has 0 bridgehead atoms. The number of aromatic amines is 1. The minimum absolute atomic E-state index is 0.0431. The molecule has 0 spiro atoms. The lowest BCUT2D eigenvalue weighted by Crippen LogP contribution is -2.25. The van der Waals surface area contributed by atoms with E-state index in [4.69, 9.17) is 11.6 Å². The van der Waals surface area contributed by atoms with Gasteiger partial charge in [0.2, 0.25) is 0 Å². The number of amides is 1. The molecule has 3 aromatic rings. The quantitative estimate of drug-likeness (QED) is 0.717. The summed E-state index contributed by atoms with van der Waals surface area (Å²) >= 11 is 5.90. The van der Waals surface area contributed by atoms with E-state index in [0.29, 0.717) is 13.0 Å². The molecule has 0 aliphatic carbocycles. The van der Waals surface area contributed by atoms with E-state index in [0.717, 1.165) is 22.7 Å². The third kappa shape index (κ3) is 3.86. The summed E-state index contributed by atoms with van der Waals surface area (Å²) in [5.74, 6) is -0.332. The fraction of sp³-hybridized carbons (Fsp3) is 0.167. The Hall–Kier alpha value is -2.31. The maximum atomic E-state index is 12.3. The van der Waals surface area contributed by atoms with E-state index in [1.165, 1.54) is 18.2 Å². The lowest BCUT2D eigenvalue weighted by atomic mass is 10.1. The van der Waals surface area contributed by atoms with Crippen LogP contribution in [0.5, 0.6) is 0 Å². The van der Waals surface area contributed by atoms with E-state index in [-0.39, 0.29) is 21.4 Å². The molecular formula is C18H17ClN2O3S. The Morgan fingerprint density at radius 1 is 1.20 bits per heavy atom. The van der Waals surface area contributed by atoms with Crippen molar-refractivity contribution in [3.63, 3.8) is 0 Å². The van der Waals surface area contributed by atoms with Gasteiger partial charge in [0.05, 0.1) is 9.92 Å². The van der Waals surface area contributed by atoms with Crippen LogP contribution in [-0.2, 0) is 16.3 Å². The SMILES string of the molecule is CS(=O)(=O)c1cc(C(=O)NCCc2c[nH]c3ccccc23)ccc1Cl. The zero-order valence-electron chi connectivity index (χ0n) is 13.5. The van der Waals surface area contributed by atoms with Gasteiger partial charge in [-0.25, -0.2) is 8.42 Å². The molecule has 0 saturated carbocycles. The zero-order chi connectivity index (χ0) is 18.0. The van der Waals surface area contributed by atoms with Crippen LogP contribution >= 0.6 is 11.6 Å². The van der Waals surface area contributed by atoms with Crippen LogP contribution < -0.4 is 5.32 Å². The van der Waals surface area contributed by atoms with Crippen molar-refractivity contribution in [1.82, 2.24) is 10.3 Å². The highest BCUT2D eigenvalue weighted by molar-refractivity contribution is 7.90. The molecule has 3 rings (SSSR count). The number of carbonyl (C=O) groups is 1. The molecule has 7 heteroatoms. The van der Waals surface area contributed by atoms with Crippen LogP contribution in [-0.4, -0.2) is 32.1 Å². The average Bonchev–Trinajstić information content (AvgIpc) is 2.97. The van der Waals surface area contributed by atoms with Crippen LogP contribution in [0.1, 0.15) is 15.9 Å². The molecule has 1 heterocycles. The van der Waals surface area contributed by atoms with Crippen LogP contribution in [0.4, 0.5) is 0 Å². The van der Waals surface area contributed by atoms with Crippen LogP contribution in [0.15, 0.2) is 53.6 Å². The molecule has 0 fully saturated rings. The molecule has 0 aliphatic rings. The highest BCUT2D eigenvalue weighted by Gasteiger charge is 2.15. The third-order valence-electron chi connectivity index (χ3n) is 3.95. The smallest absolute Gasteiger partial charge is 0.251 e. The Labute approximate surface area is 150 Å². The van der Waals surface area contributed by atoms with E-state index in [2.05, 4.69) is 10.3 Å². The predicted octanol–water partition coefficient (Wildman–Crippen LogP) is 3.20. The maximum Gasteiger partial charge on any atom is 0.251 e. The molecule has 0 saturated heterocycles. The fourth-order valence-electron chi connectivity index (χ4n) is 2.68. The monoisotopic (exact) mass is 376 g/mol. The number of hydrogen-bond donors (Lipinski definition) is 2. The fourth-order valence-corrected chi connectivity index (χ4v) is 3.98. The summed E-state index contributed by atoms with van der Waals surface area (Å²) in [6.45, 7) is 0.442. The van der Waals surface area contributed by atoms with Crippen molar-refractivity contribution in [2.24, 2.45) is 0 Å². The molecule has 1 aromatic heterocycles. The first-order valence-electron chi connectivity index (χ1n) is 7.69. The van der Waals surface area contributed by atoms with Gasteiger partial charge in [0.15, 0.2) is 9.84 Å². The molecule has 0 aliphatic heterocycles. The molecular weight excluding hydrogens is 360 g/mol. The molecule has 130 valence electrons. The van der Waals surface area contributed by atoms with Crippen molar-refractivity contribution in [1.29, 1.82) is 0 Å². The number of fused-ring (bicyclic) bond motifs is 1. The number of nitrogens with one attached hydrogen (secondary N) is 2. The maximum absolute atomic E-state index is 12.3. The number of carbonyl (C=O) groups excluding carboxylic acids is 1. The molecule has 2 N–H and O–H groups in total. The van der Waals surface area contributed by atoms with Crippen molar-refractivity contribution < 1.29 is 13.2 Å². The van der Waals surface area contributed by atoms with Gasteiger partial charge < -0.3 is 10.3 Å². The summed E-state index contributed by atoms with van der Waals surface area (Å²) in [6, 6.07) is 12.2. The molecule has 5 nitrogen and oxygen atoms in total. The summed E-state index contributed by atoms with van der Waals surface area (Å²) < 4.78 is 23.4. The second-order valence-electron chi connectivity index (χ2n) is 5.78. The summed E-state index contributed by atoms with van der Waals surface area (Å²) in [7, 11) is -3.49. The van der Waals surface area contributed by atoms with Gasteiger partial charge in [0.25, 0.3) is 5.91 Å². The lowest BCUT2D eigenvalue weighted by Gasteiger charge is -2.07. The van der Waals surface area contributed by atoms with Crippen LogP contribution in [0, 0.1) is 0 Å². The summed E-state index contributed by atoms with van der Waals surface area (Å²) in [4.78, 5) is 15.4. The van der Waals surface area contributed by atoms with Gasteiger partial charge in [-0.1, -0.05) is 29.8 Å². The summed E-state index contributed by atoms with van der Waals surface area (Å²) in [6.07, 6.45) is 3.66. The van der Waals surface area contributed by atoms with Gasteiger partial charge in [-0.2, -0.15) is 0 Å². The van der Waals surface area contributed by atoms with E-state index in [1.54, 1.807) is 0 Å². The van der Waals surface area contributed by atoms with E-state index >= 15 is 0 Å². The first-order chi connectivity index (χ1) is 11.9. The van der Waals surface area contributed by atoms with Gasteiger partial charge in [-0.05, 0) is 36.2 Å². The average molecular weight is 377 g/mol. The molecule has 0 unspecified atom stereocenters. The Balaban J connectivity index is 1.69. The van der Waals surface area contributed by atoms with E-state index in [1.807, 2.05) is 30.5 Å². The van der Waals surface area contributed by atoms with Gasteiger partial charge in [0.1, 0.15) is 0 Å². The van der Waals surface area contributed by atoms with Crippen molar-refractivity contribution in [2.45, 2.75) is 11.3 Å². The standard InChI is InChI=1S/C18H17ClN2O3S/c1-25(23,24)17-10-12(6-7-15(17)19)18(22)20-9-8-13-11-21-16-5-3-2-4-14(13)16/h2-7,10-11,21H,8-9H2,1H3,(H,20,22). The topological polar surface area (TPSA) is 79.0 Å². The van der Waals surface area contributed by atoms with Crippen LogP contribution in [0.25, 0.3) is 10.9 Å². The second-order valence-corrected chi connectivity index (χ2v) is 8.17. The van der Waals surface area contributed by atoms with Gasteiger partial charge >= 0.3 is 0 Å².